The number of benzene rings is 1. The van der Waals surface area contributed by atoms with Crippen LogP contribution in [0.1, 0.15) is 0 Å². The molecular weight excluding hydrogens is 330 g/mol. The van der Waals surface area contributed by atoms with Crippen LogP contribution in [0.5, 0.6) is 17.4 Å². The van der Waals surface area contributed by atoms with Crippen LogP contribution in [0.4, 0.5) is 11.5 Å². The van der Waals surface area contributed by atoms with Crippen molar-refractivity contribution in [1.29, 1.82) is 0 Å². The number of nitrogens with two attached hydrogens (primary N) is 1. The maximum Gasteiger partial charge on any atom is 0.331 e. The Morgan fingerprint density at radius 3 is 2.70 bits per heavy atom. The Morgan fingerprint density at radius 2 is 2.10 bits per heavy atom. The predicted octanol–water partition coefficient (Wildman–Crippen LogP) is 3.14. The van der Waals surface area contributed by atoms with Gasteiger partial charge in [-0.2, -0.15) is 4.98 Å². The maximum absolute atomic E-state index is 10.9. The first-order chi connectivity index (χ1) is 9.51. The lowest BCUT2D eigenvalue weighted by molar-refractivity contribution is -0.386. The molecule has 8 heteroatoms. The standard InChI is InChI=1S/C12H10BrN3O4/c1-19-7-2-4-10(8(13)6-7)20-12-9(16(17)18)3-5-11(14)15-12/h2-6H,1H3,(H2,14,15). The summed E-state index contributed by atoms with van der Waals surface area (Å²) in [5, 5.41) is 10.9. The Kier molecular flexibility index (Phi) is 4.04. The summed E-state index contributed by atoms with van der Waals surface area (Å²) in [6, 6.07) is 7.53. The van der Waals surface area contributed by atoms with E-state index in [0.29, 0.717) is 16.0 Å². The van der Waals surface area contributed by atoms with Crippen molar-refractivity contribution in [2.24, 2.45) is 0 Å². The molecule has 0 aliphatic rings. The molecule has 2 rings (SSSR count). The molecule has 2 N–H and O–H groups in total. The Hall–Kier alpha value is -2.35. The zero-order chi connectivity index (χ0) is 14.7. The average Bonchev–Trinajstić information content (AvgIpc) is 2.40. The van der Waals surface area contributed by atoms with E-state index in [0.717, 1.165) is 0 Å². The number of nitrogens with zero attached hydrogens (tertiary/aromatic N) is 2. The van der Waals surface area contributed by atoms with Crippen LogP contribution in [0.3, 0.4) is 0 Å². The molecule has 0 amide bonds. The van der Waals surface area contributed by atoms with E-state index in [1.807, 2.05) is 0 Å². The molecule has 0 bridgehead atoms. The van der Waals surface area contributed by atoms with Crippen molar-refractivity contribution in [3.05, 3.63) is 44.9 Å². The molecular formula is C12H10BrN3O4. The predicted molar refractivity (Wildman–Crippen MR) is 76.1 cm³/mol. The molecule has 0 saturated carbocycles. The third-order valence-corrected chi connectivity index (χ3v) is 3.02. The molecule has 104 valence electrons. The highest BCUT2D eigenvalue weighted by Gasteiger charge is 2.19. The van der Waals surface area contributed by atoms with Gasteiger partial charge < -0.3 is 15.2 Å². The van der Waals surface area contributed by atoms with Crippen LogP contribution in [0.15, 0.2) is 34.8 Å². The molecule has 0 aliphatic carbocycles. The SMILES string of the molecule is COc1ccc(Oc2nc(N)ccc2[N+](=O)[O-])c(Br)c1. The normalized spacial score (nSPS) is 10.1. The lowest BCUT2D eigenvalue weighted by Crippen LogP contribution is -1.99. The molecule has 0 spiro atoms. The summed E-state index contributed by atoms with van der Waals surface area (Å²) in [4.78, 5) is 14.2. The molecule has 2 aromatic rings. The number of methoxy groups -OCH3 is 1. The summed E-state index contributed by atoms with van der Waals surface area (Å²) in [6.07, 6.45) is 0. The van der Waals surface area contributed by atoms with Crippen molar-refractivity contribution in [1.82, 2.24) is 4.98 Å². The quantitative estimate of drug-likeness (QED) is 0.678. The van der Waals surface area contributed by atoms with Gasteiger partial charge in [0, 0.05) is 6.07 Å². The molecule has 20 heavy (non-hydrogen) atoms. The minimum Gasteiger partial charge on any atom is -0.497 e. The van der Waals surface area contributed by atoms with Gasteiger partial charge in [-0.1, -0.05) is 0 Å². The van der Waals surface area contributed by atoms with Gasteiger partial charge in [-0.15, -0.1) is 0 Å². The Bertz CT molecular complexity index is 663. The van der Waals surface area contributed by atoms with E-state index in [1.54, 1.807) is 18.2 Å². The number of aromatic nitrogens is 1. The lowest BCUT2D eigenvalue weighted by Gasteiger charge is -2.09. The van der Waals surface area contributed by atoms with Gasteiger partial charge in [-0.05, 0) is 40.2 Å². The maximum atomic E-state index is 10.9. The molecule has 0 saturated heterocycles. The largest absolute Gasteiger partial charge is 0.497 e. The van der Waals surface area contributed by atoms with Crippen molar-refractivity contribution < 1.29 is 14.4 Å². The summed E-state index contributed by atoms with van der Waals surface area (Å²) < 4.78 is 11.1. The van der Waals surface area contributed by atoms with Gasteiger partial charge in [0.15, 0.2) is 0 Å². The summed E-state index contributed by atoms with van der Waals surface area (Å²) in [7, 11) is 1.53. The zero-order valence-electron chi connectivity index (χ0n) is 10.4. The average molecular weight is 340 g/mol. The van der Waals surface area contributed by atoms with Gasteiger partial charge in [0.1, 0.15) is 17.3 Å². The number of ether oxygens (including phenoxy) is 2. The van der Waals surface area contributed by atoms with Crippen LogP contribution in [-0.2, 0) is 0 Å². The fourth-order valence-electron chi connectivity index (χ4n) is 1.46. The van der Waals surface area contributed by atoms with Gasteiger partial charge >= 0.3 is 11.6 Å². The highest BCUT2D eigenvalue weighted by atomic mass is 79.9. The number of nitrogen functional groups attached to an aromatic ring is 1. The van der Waals surface area contributed by atoms with E-state index < -0.39 is 4.92 Å². The molecule has 0 unspecified atom stereocenters. The number of hydrogen-bond acceptors (Lipinski definition) is 6. The smallest absolute Gasteiger partial charge is 0.331 e. The molecule has 1 heterocycles. The number of anilines is 1. The van der Waals surface area contributed by atoms with Crippen LogP contribution in [0, 0.1) is 10.1 Å². The lowest BCUT2D eigenvalue weighted by atomic mass is 10.3. The van der Waals surface area contributed by atoms with Crippen molar-refractivity contribution in [2.75, 3.05) is 12.8 Å². The fourth-order valence-corrected chi connectivity index (χ4v) is 1.90. The number of halogens is 1. The highest BCUT2D eigenvalue weighted by molar-refractivity contribution is 9.10. The first kappa shape index (κ1) is 14.1. The van der Waals surface area contributed by atoms with Crippen LogP contribution in [0.25, 0.3) is 0 Å². The van der Waals surface area contributed by atoms with E-state index in [4.69, 9.17) is 15.2 Å². The summed E-state index contributed by atoms with van der Waals surface area (Å²) >= 11 is 3.29. The number of hydrogen-bond donors (Lipinski definition) is 1. The molecule has 0 radical (unpaired) electrons. The summed E-state index contributed by atoms with van der Waals surface area (Å²) in [5.74, 6) is 0.961. The zero-order valence-corrected chi connectivity index (χ0v) is 12.0. The number of pyridine rings is 1. The van der Waals surface area contributed by atoms with Gasteiger partial charge in [-0.3, -0.25) is 10.1 Å². The second-order valence-corrected chi connectivity index (χ2v) is 4.57. The first-order valence-corrected chi connectivity index (χ1v) is 6.23. The number of nitro groups is 1. The molecule has 1 aromatic carbocycles. The fraction of sp³-hybridized carbons (Fsp3) is 0.0833. The molecule has 0 atom stereocenters. The van der Waals surface area contributed by atoms with E-state index in [1.165, 1.54) is 19.2 Å². The van der Waals surface area contributed by atoms with Crippen LogP contribution >= 0.6 is 15.9 Å². The van der Waals surface area contributed by atoms with E-state index in [2.05, 4.69) is 20.9 Å². The van der Waals surface area contributed by atoms with Gasteiger partial charge in [-0.25, -0.2) is 0 Å². The van der Waals surface area contributed by atoms with Crippen molar-refractivity contribution in [3.63, 3.8) is 0 Å². The van der Waals surface area contributed by atoms with Gasteiger partial charge in [0.05, 0.1) is 16.5 Å². The summed E-state index contributed by atoms with van der Waals surface area (Å²) in [5.41, 5.74) is 5.26. The monoisotopic (exact) mass is 339 g/mol. The third kappa shape index (κ3) is 2.97. The molecule has 0 aliphatic heterocycles. The van der Waals surface area contributed by atoms with Gasteiger partial charge in [0.25, 0.3) is 0 Å². The van der Waals surface area contributed by atoms with Crippen LogP contribution in [-0.4, -0.2) is 17.0 Å². The Morgan fingerprint density at radius 1 is 1.35 bits per heavy atom. The highest BCUT2D eigenvalue weighted by Crippen LogP contribution is 2.35. The molecule has 7 nitrogen and oxygen atoms in total. The minimum absolute atomic E-state index is 0.134. The van der Waals surface area contributed by atoms with Crippen LogP contribution < -0.4 is 15.2 Å². The topological polar surface area (TPSA) is 101 Å². The van der Waals surface area contributed by atoms with E-state index in [9.17, 15) is 10.1 Å². The van der Waals surface area contributed by atoms with E-state index in [-0.39, 0.29) is 17.4 Å². The third-order valence-electron chi connectivity index (χ3n) is 2.40. The van der Waals surface area contributed by atoms with Gasteiger partial charge in [0.2, 0.25) is 0 Å². The molecule has 0 fully saturated rings. The van der Waals surface area contributed by atoms with Crippen molar-refractivity contribution in [3.8, 4) is 17.4 Å². The van der Waals surface area contributed by atoms with Crippen molar-refractivity contribution >= 4 is 27.4 Å². The van der Waals surface area contributed by atoms with Crippen molar-refractivity contribution in [2.45, 2.75) is 0 Å². The minimum atomic E-state index is -0.584. The second-order valence-electron chi connectivity index (χ2n) is 3.72. The molecule has 1 aromatic heterocycles. The second kappa shape index (κ2) is 5.74. The Balaban J connectivity index is 2.39. The summed E-state index contributed by atoms with van der Waals surface area (Å²) in [6.45, 7) is 0. The van der Waals surface area contributed by atoms with E-state index >= 15 is 0 Å². The first-order valence-electron chi connectivity index (χ1n) is 5.43. The van der Waals surface area contributed by atoms with Crippen LogP contribution in [0.2, 0.25) is 0 Å². The Labute approximate surface area is 122 Å². The number of rotatable bonds is 4.